The predicted molar refractivity (Wildman–Crippen MR) is 121 cm³/mol. The van der Waals surface area contributed by atoms with Crippen molar-refractivity contribution >= 4 is 12.0 Å². The molecule has 6 nitrogen and oxygen atoms in total. The number of rotatable bonds is 7. The molecule has 1 aliphatic heterocycles. The molecule has 0 radical (unpaired) electrons. The molecular formula is C25H28N2O4. The molecule has 162 valence electrons. The zero-order chi connectivity index (χ0) is 22.1. The van der Waals surface area contributed by atoms with Crippen molar-refractivity contribution in [3.63, 3.8) is 0 Å². The van der Waals surface area contributed by atoms with Gasteiger partial charge in [-0.15, -0.1) is 0 Å². The van der Waals surface area contributed by atoms with Crippen LogP contribution in [0.3, 0.4) is 0 Å². The third-order valence-corrected chi connectivity index (χ3v) is 5.10. The smallest absolute Gasteiger partial charge is 0.244 e. The molecule has 1 amide bonds. The highest BCUT2D eigenvalue weighted by Crippen LogP contribution is 2.38. The third kappa shape index (κ3) is 6.03. The van der Waals surface area contributed by atoms with Crippen LogP contribution in [0.5, 0.6) is 17.2 Å². The lowest BCUT2D eigenvalue weighted by molar-refractivity contribution is -0.116. The first-order valence-corrected chi connectivity index (χ1v) is 10.2. The number of fused-ring (bicyclic) bond motifs is 1. The Morgan fingerprint density at radius 2 is 1.77 bits per heavy atom. The summed E-state index contributed by atoms with van der Waals surface area (Å²) < 4.78 is 16.0. The Morgan fingerprint density at radius 3 is 2.45 bits per heavy atom. The molecule has 3 rings (SSSR count). The lowest BCUT2D eigenvalue weighted by atomic mass is 10.0. The van der Waals surface area contributed by atoms with Gasteiger partial charge in [-0.05, 0) is 41.3 Å². The van der Waals surface area contributed by atoms with E-state index >= 15 is 0 Å². The van der Waals surface area contributed by atoms with Gasteiger partial charge in [0.15, 0.2) is 11.5 Å². The number of amides is 1. The van der Waals surface area contributed by atoms with Crippen LogP contribution in [0.4, 0.5) is 0 Å². The topological polar surface area (TPSA) is 60.0 Å². The highest BCUT2D eigenvalue weighted by molar-refractivity contribution is 5.92. The summed E-state index contributed by atoms with van der Waals surface area (Å²) in [4.78, 5) is 14.4. The number of methoxy groups -OCH3 is 3. The molecule has 0 spiro atoms. The number of hydrogen-bond acceptors (Lipinski definition) is 5. The Labute approximate surface area is 183 Å². The van der Waals surface area contributed by atoms with Gasteiger partial charge in [-0.2, -0.15) is 0 Å². The average molecular weight is 421 g/mol. The zero-order valence-electron chi connectivity index (χ0n) is 18.2. The predicted octanol–water partition coefficient (Wildman–Crippen LogP) is 2.90. The van der Waals surface area contributed by atoms with E-state index in [1.165, 1.54) is 17.2 Å². The highest BCUT2D eigenvalue weighted by Gasteiger charge is 2.14. The summed E-state index contributed by atoms with van der Waals surface area (Å²) in [6, 6.07) is 12.1. The maximum absolute atomic E-state index is 12.1. The van der Waals surface area contributed by atoms with Gasteiger partial charge >= 0.3 is 0 Å². The van der Waals surface area contributed by atoms with Gasteiger partial charge in [0.25, 0.3) is 0 Å². The van der Waals surface area contributed by atoms with Crippen molar-refractivity contribution in [1.82, 2.24) is 10.2 Å². The van der Waals surface area contributed by atoms with E-state index in [2.05, 4.69) is 46.3 Å². The summed E-state index contributed by atoms with van der Waals surface area (Å²) >= 11 is 0. The Kier molecular flexibility index (Phi) is 7.97. The Hall–Kier alpha value is -3.43. The molecule has 1 heterocycles. The van der Waals surface area contributed by atoms with Crippen LogP contribution in [-0.4, -0.2) is 51.8 Å². The van der Waals surface area contributed by atoms with Crippen molar-refractivity contribution in [2.75, 3.05) is 41.0 Å². The monoisotopic (exact) mass is 420 g/mol. The Bertz CT molecular complexity index is 979. The van der Waals surface area contributed by atoms with Gasteiger partial charge in [0.2, 0.25) is 11.7 Å². The minimum Gasteiger partial charge on any atom is -0.493 e. The molecule has 1 aliphatic rings. The van der Waals surface area contributed by atoms with Crippen LogP contribution in [-0.2, 0) is 17.8 Å². The van der Waals surface area contributed by atoms with E-state index in [1.807, 2.05) is 0 Å². The fraction of sp³-hybridized carbons (Fsp3) is 0.320. The maximum atomic E-state index is 12.1. The van der Waals surface area contributed by atoms with Crippen LogP contribution >= 0.6 is 0 Å². The Morgan fingerprint density at radius 1 is 1.06 bits per heavy atom. The Balaban J connectivity index is 1.47. The van der Waals surface area contributed by atoms with Crippen LogP contribution < -0.4 is 19.5 Å². The minimum atomic E-state index is -0.213. The van der Waals surface area contributed by atoms with E-state index in [1.54, 1.807) is 39.5 Å². The van der Waals surface area contributed by atoms with Crippen molar-refractivity contribution in [2.24, 2.45) is 0 Å². The number of carbonyl (C=O) groups excluding carboxylic acids is 1. The lowest BCUT2D eigenvalue weighted by Gasteiger charge is -2.26. The van der Waals surface area contributed by atoms with E-state index in [0.717, 1.165) is 25.1 Å². The SMILES string of the molecule is COc1cc(C=CC(=O)NCC#CCN2CCc3ccccc3C2)cc(OC)c1OC. The number of benzene rings is 2. The van der Waals surface area contributed by atoms with E-state index in [9.17, 15) is 4.79 Å². The molecule has 0 saturated carbocycles. The van der Waals surface area contributed by atoms with Gasteiger partial charge in [-0.25, -0.2) is 0 Å². The van der Waals surface area contributed by atoms with Crippen molar-refractivity contribution in [3.05, 3.63) is 59.2 Å². The molecular weight excluding hydrogens is 392 g/mol. The third-order valence-electron chi connectivity index (χ3n) is 5.10. The average Bonchev–Trinajstić information content (AvgIpc) is 2.81. The molecule has 0 atom stereocenters. The van der Waals surface area contributed by atoms with E-state index in [4.69, 9.17) is 14.2 Å². The molecule has 1 N–H and O–H groups in total. The first-order chi connectivity index (χ1) is 15.1. The normalized spacial score (nSPS) is 13.1. The molecule has 0 aromatic heterocycles. The first-order valence-electron chi connectivity index (χ1n) is 10.2. The molecule has 31 heavy (non-hydrogen) atoms. The fourth-order valence-corrected chi connectivity index (χ4v) is 3.48. The molecule has 0 fully saturated rings. The van der Waals surface area contributed by atoms with E-state index in [0.29, 0.717) is 30.3 Å². The second-order valence-electron chi connectivity index (χ2n) is 7.09. The minimum absolute atomic E-state index is 0.213. The summed E-state index contributed by atoms with van der Waals surface area (Å²) in [5.74, 6) is 7.54. The summed E-state index contributed by atoms with van der Waals surface area (Å²) in [5, 5.41) is 2.78. The van der Waals surface area contributed by atoms with Crippen molar-refractivity contribution in [2.45, 2.75) is 13.0 Å². The molecule has 0 saturated heterocycles. The number of ether oxygens (including phenoxy) is 3. The second kappa shape index (κ2) is 11.1. The number of nitrogens with one attached hydrogen (secondary N) is 1. The molecule has 0 aliphatic carbocycles. The summed E-state index contributed by atoms with van der Waals surface area (Å²) in [7, 11) is 4.66. The van der Waals surface area contributed by atoms with Gasteiger partial charge < -0.3 is 19.5 Å². The van der Waals surface area contributed by atoms with E-state index < -0.39 is 0 Å². The van der Waals surface area contributed by atoms with Crippen LogP contribution in [0.2, 0.25) is 0 Å². The van der Waals surface area contributed by atoms with Crippen molar-refractivity contribution < 1.29 is 19.0 Å². The lowest BCUT2D eigenvalue weighted by Crippen LogP contribution is -2.30. The molecule has 2 aromatic rings. The van der Waals surface area contributed by atoms with Gasteiger partial charge in [0.1, 0.15) is 0 Å². The number of carbonyl (C=O) groups is 1. The van der Waals surface area contributed by atoms with Gasteiger partial charge in [-0.1, -0.05) is 36.1 Å². The molecule has 0 bridgehead atoms. The van der Waals surface area contributed by atoms with Gasteiger partial charge in [-0.3, -0.25) is 9.69 Å². The summed E-state index contributed by atoms with van der Waals surface area (Å²) in [5.41, 5.74) is 3.57. The summed E-state index contributed by atoms with van der Waals surface area (Å²) in [6.45, 7) is 2.94. The quantitative estimate of drug-likeness (QED) is 0.551. The van der Waals surface area contributed by atoms with Crippen molar-refractivity contribution in [3.8, 4) is 29.1 Å². The molecule has 2 aromatic carbocycles. The van der Waals surface area contributed by atoms with Gasteiger partial charge in [0, 0.05) is 19.2 Å². The van der Waals surface area contributed by atoms with Crippen LogP contribution in [0.1, 0.15) is 16.7 Å². The molecule has 6 heteroatoms. The fourth-order valence-electron chi connectivity index (χ4n) is 3.48. The van der Waals surface area contributed by atoms with Crippen molar-refractivity contribution in [1.29, 1.82) is 0 Å². The largest absolute Gasteiger partial charge is 0.493 e. The first kappa shape index (κ1) is 22.3. The van der Waals surface area contributed by atoms with Crippen LogP contribution in [0.25, 0.3) is 6.08 Å². The number of hydrogen-bond donors (Lipinski definition) is 1. The summed E-state index contributed by atoms with van der Waals surface area (Å²) in [6.07, 6.45) is 4.21. The van der Waals surface area contributed by atoms with Crippen LogP contribution in [0, 0.1) is 11.8 Å². The highest BCUT2D eigenvalue weighted by atomic mass is 16.5. The standard InChI is InChI=1S/C25H28N2O4/c1-29-22-16-19(17-23(30-2)25(22)31-3)10-11-24(28)26-13-6-7-14-27-15-12-20-8-4-5-9-21(20)18-27/h4-5,8-11,16-17H,12-15,18H2,1-3H3,(H,26,28). The maximum Gasteiger partial charge on any atom is 0.244 e. The van der Waals surface area contributed by atoms with Crippen LogP contribution in [0.15, 0.2) is 42.5 Å². The van der Waals surface area contributed by atoms with Gasteiger partial charge in [0.05, 0.1) is 34.4 Å². The molecule has 0 unspecified atom stereocenters. The second-order valence-corrected chi connectivity index (χ2v) is 7.09. The van der Waals surface area contributed by atoms with E-state index in [-0.39, 0.29) is 5.91 Å². The zero-order valence-corrected chi connectivity index (χ0v) is 18.2. The number of nitrogens with zero attached hydrogens (tertiary/aromatic N) is 1.